The zero-order valence-electron chi connectivity index (χ0n) is 11.4. The van der Waals surface area contributed by atoms with Crippen LogP contribution in [0.1, 0.15) is 35.3 Å². The minimum absolute atomic E-state index is 0.0196. The molecule has 1 heterocycles. The number of nitrogens with two attached hydrogens (primary N) is 1. The van der Waals surface area contributed by atoms with Crippen LogP contribution < -0.4 is 5.73 Å². The van der Waals surface area contributed by atoms with Crippen LogP contribution in [0.4, 0.5) is 0 Å². The Labute approximate surface area is 109 Å². The van der Waals surface area contributed by atoms with E-state index in [2.05, 4.69) is 36.3 Å². The molecule has 96 valence electrons. The largest absolute Gasteiger partial charge is 0.324 e. The second-order valence-corrected chi connectivity index (χ2v) is 4.82. The first-order chi connectivity index (χ1) is 8.60. The van der Waals surface area contributed by atoms with Crippen molar-refractivity contribution in [1.29, 1.82) is 0 Å². The van der Waals surface area contributed by atoms with Crippen LogP contribution in [-0.4, -0.2) is 9.78 Å². The molecular formula is C15H21N3. The first kappa shape index (κ1) is 12.8. The summed E-state index contributed by atoms with van der Waals surface area (Å²) in [4.78, 5) is 0. The Morgan fingerprint density at radius 2 is 1.83 bits per heavy atom. The van der Waals surface area contributed by atoms with Gasteiger partial charge in [0.25, 0.3) is 0 Å². The number of benzene rings is 1. The van der Waals surface area contributed by atoms with Crippen LogP contribution in [0.3, 0.4) is 0 Å². The maximum Gasteiger partial charge on any atom is 0.0641 e. The Kier molecular flexibility index (Phi) is 3.82. The van der Waals surface area contributed by atoms with Gasteiger partial charge in [-0.3, -0.25) is 4.68 Å². The molecule has 2 aromatic rings. The average Bonchev–Trinajstić information content (AvgIpc) is 2.69. The fourth-order valence-corrected chi connectivity index (χ4v) is 2.26. The summed E-state index contributed by atoms with van der Waals surface area (Å²) < 4.78 is 1.82. The minimum Gasteiger partial charge on any atom is -0.324 e. The molecule has 2 rings (SSSR count). The number of hydrogen-bond donors (Lipinski definition) is 1. The molecule has 0 aliphatic rings. The second-order valence-electron chi connectivity index (χ2n) is 4.82. The molecular weight excluding hydrogens is 222 g/mol. The molecule has 2 N–H and O–H groups in total. The molecule has 0 fully saturated rings. The zero-order valence-corrected chi connectivity index (χ0v) is 11.4. The SMILES string of the molecule is CCc1ccc(CC(N)c2cn(C)nc2C)cc1. The molecule has 0 aliphatic carbocycles. The van der Waals surface area contributed by atoms with Gasteiger partial charge in [0.15, 0.2) is 0 Å². The molecule has 0 spiro atoms. The van der Waals surface area contributed by atoms with E-state index in [1.807, 2.05) is 24.9 Å². The van der Waals surface area contributed by atoms with Crippen molar-refractivity contribution in [3.63, 3.8) is 0 Å². The van der Waals surface area contributed by atoms with Crippen molar-refractivity contribution >= 4 is 0 Å². The summed E-state index contributed by atoms with van der Waals surface area (Å²) in [6.07, 6.45) is 3.95. The fourth-order valence-electron chi connectivity index (χ4n) is 2.26. The molecule has 0 amide bonds. The van der Waals surface area contributed by atoms with Crippen LogP contribution >= 0.6 is 0 Å². The lowest BCUT2D eigenvalue weighted by atomic mass is 9.99. The van der Waals surface area contributed by atoms with Gasteiger partial charge in [-0.2, -0.15) is 5.10 Å². The van der Waals surface area contributed by atoms with Crippen LogP contribution in [0.2, 0.25) is 0 Å². The maximum atomic E-state index is 6.26. The predicted octanol–water partition coefficient (Wildman–Crippen LogP) is 2.53. The van der Waals surface area contributed by atoms with Crippen molar-refractivity contribution in [2.75, 3.05) is 0 Å². The van der Waals surface area contributed by atoms with Crippen molar-refractivity contribution in [3.8, 4) is 0 Å². The van der Waals surface area contributed by atoms with Crippen molar-refractivity contribution in [2.45, 2.75) is 32.7 Å². The highest BCUT2D eigenvalue weighted by molar-refractivity contribution is 5.26. The van der Waals surface area contributed by atoms with E-state index >= 15 is 0 Å². The Hall–Kier alpha value is -1.61. The van der Waals surface area contributed by atoms with Gasteiger partial charge in [-0.25, -0.2) is 0 Å². The molecule has 3 nitrogen and oxygen atoms in total. The Bertz CT molecular complexity index is 511. The summed E-state index contributed by atoms with van der Waals surface area (Å²) >= 11 is 0. The number of aryl methyl sites for hydroxylation is 3. The monoisotopic (exact) mass is 243 g/mol. The number of rotatable bonds is 4. The topological polar surface area (TPSA) is 43.8 Å². The van der Waals surface area contributed by atoms with E-state index in [4.69, 9.17) is 5.73 Å². The van der Waals surface area contributed by atoms with Crippen LogP contribution in [0.25, 0.3) is 0 Å². The number of aromatic nitrogens is 2. The van der Waals surface area contributed by atoms with Gasteiger partial charge in [0.05, 0.1) is 5.69 Å². The summed E-state index contributed by atoms with van der Waals surface area (Å²) in [6, 6.07) is 8.72. The first-order valence-corrected chi connectivity index (χ1v) is 6.43. The smallest absolute Gasteiger partial charge is 0.0641 e. The Morgan fingerprint density at radius 1 is 1.22 bits per heavy atom. The molecule has 18 heavy (non-hydrogen) atoms. The third kappa shape index (κ3) is 2.79. The number of nitrogens with zero attached hydrogens (tertiary/aromatic N) is 2. The lowest BCUT2D eigenvalue weighted by Crippen LogP contribution is -2.13. The molecule has 1 aromatic carbocycles. The van der Waals surface area contributed by atoms with E-state index in [1.165, 1.54) is 11.1 Å². The fraction of sp³-hybridized carbons (Fsp3) is 0.400. The highest BCUT2D eigenvalue weighted by Gasteiger charge is 2.12. The van der Waals surface area contributed by atoms with E-state index in [-0.39, 0.29) is 6.04 Å². The molecule has 1 atom stereocenters. The van der Waals surface area contributed by atoms with Gasteiger partial charge >= 0.3 is 0 Å². The molecule has 0 saturated carbocycles. The molecule has 1 aromatic heterocycles. The summed E-state index contributed by atoms with van der Waals surface area (Å²) in [5, 5.41) is 4.34. The van der Waals surface area contributed by atoms with Crippen LogP contribution in [0.5, 0.6) is 0 Å². The summed E-state index contributed by atoms with van der Waals surface area (Å²) in [5.41, 5.74) is 11.1. The second kappa shape index (κ2) is 5.36. The first-order valence-electron chi connectivity index (χ1n) is 6.43. The highest BCUT2D eigenvalue weighted by Crippen LogP contribution is 2.19. The van der Waals surface area contributed by atoms with Crippen molar-refractivity contribution in [1.82, 2.24) is 9.78 Å². The van der Waals surface area contributed by atoms with Gasteiger partial charge in [0, 0.05) is 24.8 Å². The van der Waals surface area contributed by atoms with Gasteiger partial charge in [-0.15, -0.1) is 0 Å². The summed E-state index contributed by atoms with van der Waals surface area (Å²) in [6.45, 7) is 4.18. The molecule has 0 saturated heterocycles. The van der Waals surface area contributed by atoms with Crippen molar-refractivity contribution < 1.29 is 0 Å². The average molecular weight is 243 g/mol. The zero-order chi connectivity index (χ0) is 13.1. The third-order valence-corrected chi connectivity index (χ3v) is 3.34. The maximum absolute atomic E-state index is 6.26. The molecule has 3 heteroatoms. The lowest BCUT2D eigenvalue weighted by molar-refractivity contribution is 0.715. The van der Waals surface area contributed by atoms with Gasteiger partial charge in [-0.05, 0) is 30.9 Å². The van der Waals surface area contributed by atoms with E-state index in [0.29, 0.717) is 0 Å². The Balaban J connectivity index is 2.10. The molecule has 0 aliphatic heterocycles. The van der Waals surface area contributed by atoms with Crippen LogP contribution in [-0.2, 0) is 19.9 Å². The summed E-state index contributed by atoms with van der Waals surface area (Å²) in [7, 11) is 1.93. The summed E-state index contributed by atoms with van der Waals surface area (Å²) in [5.74, 6) is 0. The molecule has 0 radical (unpaired) electrons. The minimum atomic E-state index is 0.0196. The van der Waals surface area contributed by atoms with Crippen LogP contribution in [0.15, 0.2) is 30.5 Å². The molecule has 1 unspecified atom stereocenters. The lowest BCUT2D eigenvalue weighted by Gasteiger charge is -2.11. The van der Waals surface area contributed by atoms with E-state index in [0.717, 1.165) is 24.1 Å². The van der Waals surface area contributed by atoms with Gasteiger partial charge in [0.1, 0.15) is 0 Å². The van der Waals surface area contributed by atoms with E-state index in [9.17, 15) is 0 Å². The standard InChI is InChI=1S/C15H21N3/c1-4-12-5-7-13(8-6-12)9-15(16)14-10-18(3)17-11(14)2/h5-8,10,15H,4,9,16H2,1-3H3. The Morgan fingerprint density at radius 3 is 2.33 bits per heavy atom. The van der Waals surface area contributed by atoms with Gasteiger partial charge in [0.2, 0.25) is 0 Å². The van der Waals surface area contributed by atoms with Crippen molar-refractivity contribution in [3.05, 3.63) is 52.8 Å². The van der Waals surface area contributed by atoms with Gasteiger partial charge < -0.3 is 5.73 Å². The van der Waals surface area contributed by atoms with E-state index in [1.54, 1.807) is 0 Å². The normalized spacial score (nSPS) is 12.7. The van der Waals surface area contributed by atoms with E-state index < -0.39 is 0 Å². The van der Waals surface area contributed by atoms with Crippen LogP contribution in [0, 0.1) is 6.92 Å². The highest BCUT2D eigenvalue weighted by atomic mass is 15.2. The van der Waals surface area contributed by atoms with Gasteiger partial charge in [-0.1, -0.05) is 31.2 Å². The third-order valence-electron chi connectivity index (χ3n) is 3.34. The molecule has 0 bridgehead atoms. The predicted molar refractivity (Wildman–Crippen MR) is 74.4 cm³/mol. The quantitative estimate of drug-likeness (QED) is 0.896. The van der Waals surface area contributed by atoms with Crippen molar-refractivity contribution in [2.24, 2.45) is 12.8 Å². The number of hydrogen-bond acceptors (Lipinski definition) is 2.